The van der Waals surface area contributed by atoms with Gasteiger partial charge in [-0.05, 0) is 58.0 Å². The van der Waals surface area contributed by atoms with Crippen molar-refractivity contribution in [3.8, 4) is 11.5 Å². The molecule has 0 aliphatic carbocycles. The van der Waals surface area contributed by atoms with Crippen LogP contribution in [0.5, 0.6) is 11.5 Å². The Kier molecular flexibility index (Phi) is 4.70. The number of thiazole rings is 1. The molecule has 4 rings (SSSR count). The van der Waals surface area contributed by atoms with E-state index in [1.54, 1.807) is 57.2 Å². The molecular weight excluding hydrogens is 388 g/mol. The molecule has 2 heterocycles. The first-order valence-electron chi connectivity index (χ1n) is 9.27. The van der Waals surface area contributed by atoms with Gasteiger partial charge in [-0.2, -0.15) is 0 Å². The van der Waals surface area contributed by atoms with Crippen LogP contribution in [0.1, 0.15) is 31.5 Å². The second-order valence-corrected chi connectivity index (χ2v) is 8.91. The molecule has 29 heavy (non-hydrogen) atoms. The fraction of sp³-hybridized carbons (Fsp3) is 0.273. The molecule has 0 amide bonds. The SMILES string of the molecule is Cc1c(O)c2cc(OCc3nc4ccccc4s3)ccc2n1C(=O)OC(C)(C)C. The Morgan fingerprint density at radius 2 is 1.97 bits per heavy atom. The van der Waals surface area contributed by atoms with Gasteiger partial charge in [0.15, 0.2) is 0 Å². The van der Waals surface area contributed by atoms with E-state index in [4.69, 9.17) is 9.47 Å². The molecule has 0 aliphatic rings. The zero-order valence-corrected chi connectivity index (χ0v) is 17.5. The zero-order valence-electron chi connectivity index (χ0n) is 16.7. The number of rotatable bonds is 3. The van der Waals surface area contributed by atoms with Crippen molar-refractivity contribution in [2.24, 2.45) is 0 Å². The maximum atomic E-state index is 12.6. The van der Waals surface area contributed by atoms with Crippen molar-refractivity contribution in [2.45, 2.75) is 39.9 Å². The summed E-state index contributed by atoms with van der Waals surface area (Å²) in [7, 11) is 0. The van der Waals surface area contributed by atoms with Gasteiger partial charge in [0.25, 0.3) is 0 Å². The molecule has 6 nitrogen and oxygen atoms in total. The summed E-state index contributed by atoms with van der Waals surface area (Å²) in [6.45, 7) is 7.43. The van der Waals surface area contributed by atoms with E-state index in [0.29, 0.717) is 29.0 Å². The second-order valence-electron chi connectivity index (χ2n) is 7.79. The van der Waals surface area contributed by atoms with Gasteiger partial charge in [0.05, 0.1) is 21.4 Å². The summed E-state index contributed by atoms with van der Waals surface area (Å²) in [6, 6.07) is 13.2. The smallest absolute Gasteiger partial charge is 0.419 e. The summed E-state index contributed by atoms with van der Waals surface area (Å²) in [5.74, 6) is 0.629. The van der Waals surface area contributed by atoms with Crippen LogP contribution in [-0.2, 0) is 11.3 Å². The van der Waals surface area contributed by atoms with E-state index in [2.05, 4.69) is 4.98 Å². The first kappa shape index (κ1) is 19.3. The predicted molar refractivity (Wildman–Crippen MR) is 114 cm³/mol. The lowest BCUT2D eigenvalue weighted by atomic mass is 10.2. The van der Waals surface area contributed by atoms with Gasteiger partial charge in [-0.15, -0.1) is 11.3 Å². The Balaban J connectivity index is 1.60. The highest BCUT2D eigenvalue weighted by Gasteiger charge is 2.24. The van der Waals surface area contributed by atoms with Crippen LogP contribution in [0, 0.1) is 6.92 Å². The number of aromatic nitrogens is 2. The van der Waals surface area contributed by atoms with Gasteiger partial charge in [0.1, 0.15) is 28.7 Å². The molecule has 2 aromatic heterocycles. The molecule has 0 aliphatic heterocycles. The zero-order chi connectivity index (χ0) is 20.8. The normalized spacial score (nSPS) is 11.9. The number of carbonyl (C=O) groups excluding carboxylic acids is 1. The number of aromatic hydroxyl groups is 1. The third-order valence-electron chi connectivity index (χ3n) is 4.42. The van der Waals surface area contributed by atoms with Gasteiger partial charge >= 0.3 is 6.09 Å². The lowest BCUT2D eigenvalue weighted by molar-refractivity contribution is 0.0540. The monoisotopic (exact) mass is 410 g/mol. The molecule has 2 aromatic carbocycles. The summed E-state index contributed by atoms with van der Waals surface area (Å²) in [5, 5.41) is 11.9. The van der Waals surface area contributed by atoms with E-state index in [-0.39, 0.29) is 5.75 Å². The summed E-state index contributed by atoms with van der Waals surface area (Å²) >= 11 is 1.59. The Labute approximate surface area is 172 Å². The van der Waals surface area contributed by atoms with Gasteiger partial charge < -0.3 is 14.6 Å². The quantitative estimate of drug-likeness (QED) is 0.474. The Morgan fingerprint density at radius 3 is 2.69 bits per heavy atom. The van der Waals surface area contributed by atoms with E-state index in [1.165, 1.54) is 4.57 Å². The molecule has 7 heteroatoms. The van der Waals surface area contributed by atoms with Crippen LogP contribution in [0.3, 0.4) is 0 Å². The number of para-hydroxylation sites is 1. The second kappa shape index (κ2) is 7.08. The maximum absolute atomic E-state index is 12.6. The molecule has 0 atom stereocenters. The topological polar surface area (TPSA) is 73.6 Å². The van der Waals surface area contributed by atoms with E-state index in [1.807, 2.05) is 24.3 Å². The van der Waals surface area contributed by atoms with E-state index < -0.39 is 11.7 Å². The summed E-state index contributed by atoms with van der Waals surface area (Å²) in [5.41, 5.74) is 1.32. The number of carbonyl (C=O) groups is 1. The average Bonchev–Trinajstić information content (AvgIpc) is 3.18. The van der Waals surface area contributed by atoms with Crippen molar-refractivity contribution in [3.05, 3.63) is 53.2 Å². The molecule has 1 N–H and O–H groups in total. The van der Waals surface area contributed by atoms with Crippen molar-refractivity contribution >= 4 is 38.5 Å². The molecule has 4 aromatic rings. The average molecular weight is 410 g/mol. The van der Waals surface area contributed by atoms with Gasteiger partial charge in [-0.3, -0.25) is 0 Å². The maximum Gasteiger partial charge on any atom is 0.419 e. The molecule has 0 spiro atoms. The van der Waals surface area contributed by atoms with Crippen LogP contribution in [0.4, 0.5) is 4.79 Å². The molecule has 150 valence electrons. The predicted octanol–water partition coefficient (Wildman–Crippen LogP) is 5.63. The fourth-order valence-electron chi connectivity index (χ4n) is 3.14. The van der Waals surface area contributed by atoms with Crippen molar-refractivity contribution in [1.82, 2.24) is 9.55 Å². The molecular formula is C22H22N2O4S. The van der Waals surface area contributed by atoms with Crippen LogP contribution in [0.25, 0.3) is 21.1 Å². The fourth-order valence-corrected chi connectivity index (χ4v) is 4.02. The highest BCUT2D eigenvalue weighted by molar-refractivity contribution is 7.18. The van der Waals surface area contributed by atoms with Crippen LogP contribution >= 0.6 is 11.3 Å². The summed E-state index contributed by atoms with van der Waals surface area (Å²) in [6.07, 6.45) is -0.525. The third kappa shape index (κ3) is 3.78. The molecule has 0 fully saturated rings. The van der Waals surface area contributed by atoms with Crippen molar-refractivity contribution < 1.29 is 19.4 Å². The van der Waals surface area contributed by atoms with Gasteiger partial charge in [-0.25, -0.2) is 14.3 Å². The Morgan fingerprint density at radius 1 is 1.21 bits per heavy atom. The van der Waals surface area contributed by atoms with Gasteiger partial charge in [0.2, 0.25) is 0 Å². The minimum atomic E-state index is -0.629. The van der Waals surface area contributed by atoms with Gasteiger partial charge in [0, 0.05) is 5.39 Å². The number of hydrogen-bond acceptors (Lipinski definition) is 6. The highest BCUT2D eigenvalue weighted by Crippen LogP contribution is 2.35. The number of benzene rings is 2. The molecule has 0 radical (unpaired) electrons. The number of nitrogens with zero attached hydrogens (tertiary/aromatic N) is 2. The first-order chi connectivity index (χ1) is 13.7. The number of hydrogen-bond donors (Lipinski definition) is 1. The number of fused-ring (bicyclic) bond motifs is 2. The third-order valence-corrected chi connectivity index (χ3v) is 5.43. The van der Waals surface area contributed by atoms with Gasteiger partial charge in [-0.1, -0.05) is 12.1 Å². The lowest BCUT2D eigenvalue weighted by Crippen LogP contribution is -2.27. The summed E-state index contributed by atoms with van der Waals surface area (Å²) < 4.78 is 13.8. The van der Waals surface area contributed by atoms with Crippen LogP contribution < -0.4 is 4.74 Å². The van der Waals surface area contributed by atoms with Crippen molar-refractivity contribution in [3.63, 3.8) is 0 Å². The highest BCUT2D eigenvalue weighted by atomic mass is 32.1. The van der Waals surface area contributed by atoms with Crippen molar-refractivity contribution in [1.29, 1.82) is 0 Å². The summed E-state index contributed by atoms with van der Waals surface area (Å²) in [4.78, 5) is 17.1. The van der Waals surface area contributed by atoms with E-state index in [0.717, 1.165) is 15.2 Å². The van der Waals surface area contributed by atoms with Crippen LogP contribution in [-0.4, -0.2) is 26.4 Å². The van der Waals surface area contributed by atoms with E-state index in [9.17, 15) is 9.90 Å². The standard InChI is InChI=1S/C22H22N2O4S/c1-13-20(25)15-11-14(9-10-17(15)24(13)21(26)28-22(2,3)4)27-12-19-23-16-7-5-6-8-18(16)29-19/h5-11,25H,12H2,1-4H3. The minimum Gasteiger partial charge on any atom is -0.505 e. The minimum absolute atomic E-state index is 0.0382. The van der Waals surface area contributed by atoms with E-state index >= 15 is 0 Å². The molecule has 0 saturated carbocycles. The Hall–Kier alpha value is -3.06. The van der Waals surface area contributed by atoms with Crippen molar-refractivity contribution in [2.75, 3.05) is 0 Å². The Bertz CT molecular complexity index is 1180. The lowest BCUT2D eigenvalue weighted by Gasteiger charge is -2.20. The molecule has 0 unspecified atom stereocenters. The molecule has 0 saturated heterocycles. The van der Waals surface area contributed by atoms with Crippen LogP contribution in [0.2, 0.25) is 0 Å². The largest absolute Gasteiger partial charge is 0.505 e. The number of ether oxygens (including phenoxy) is 2. The first-order valence-corrected chi connectivity index (χ1v) is 10.1. The molecule has 0 bridgehead atoms. The van der Waals surface area contributed by atoms with Crippen LogP contribution in [0.15, 0.2) is 42.5 Å².